The zero-order valence-electron chi connectivity index (χ0n) is 5.04. The Kier molecular flexibility index (Phi) is 1.49. The molecule has 0 radical (unpaired) electrons. The van der Waals surface area contributed by atoms with Crippen LogP contribution < -0.4 is 5.73 Å². The van der Waals surface area contributed by atoms with Crippen molar-refractivity contribution in [3.8, 4) is 0 Å². The van der Waals surface area contributed by atoms with Gasteiger partial charge in [-0.05, 0) is 17.7 Å². The third kappa shape index (κ3) is 1.29. The average Bonchev–Trinajstić information content (AvgIpc) is 1.88. The third-order valence-corrected chi connectivity index (χ3v) is 1.04. The van der Waals surface area contributed by atoms with E-state index in [-0.39, 0.29) is 0 Å². The maximum Gasteiger partial charge on any atom is 0.123 e. The molecule has 2 heteroatoms. The van der Waals surface area contributed by atoms with E-state index < -0.39 is 0 Å². The largest absolute Gasteiger partial charge is 0.384 e. The molecule has 0 amide bonds. The van der Waals surface area contributed by atoms with Gasteiger partial charge in [0.2, 0.25) is 0 Å². The fourth-order valence-electron chi connectivity index (χ4n) is 0.593. The molecule has 0 fully saturated rings. The Labute approximate surface area is 54.0 Å². The molecule has 0 unspecified atom stereocenters. The Bertz CT molecular complexity index is 218. The summed E-state index contributed by atoms with van der Waals surface area (Å²) in [5, 5.41) is 0. The number of anilines is 1. The van der Waals surface area contributed by atoms with Crippen LogP contribution in [0.5, 0.6) is 0 Å². The minimum Gasteiger partial charge on any atom is -0.384 e. The Morgan fingerprint density at radius 2 is 2.44 bits per heavy atom. The van der Waals surface area contributed by atoms with Crippen molar-refractivity contribution in [2.24, 2.45) is 0 Å². The van der Waals surface area contributed by atoms with Crippen molar-refractivity contribution in [3.05, 3.63) is 30.5 Å². The summed E-state index contributed by atoms with van der Waals surface area (Å²) in [5.74, 6) is 0.535. The van der Waals surface area contributed by atoms with Crippen LogP contribution >= 0.6 is 0 Å². The van der Waals surface area contributed by atoms with Crippen molar-refractivity contribution >= 4 is 11.9 Å². The molecule has 2 nitrogen and oxygen atoms in total. The van der Waals surface area contributed by atoms with Crippen LogP contribution in [0, 0.1) is 0 Å². The Morgan fingerprint density at radius 3 is 2.89 bits per heavy atom. The van der Waals surface area contributed by atoms with Crippen LogP contribution in [-0.4, -0.2) is 4.98 Å². The van der Waals surface area contributed by atoms with Crippen molar-refractivity contribution in [1.82, 2.24) is 4.98 Å². The monoisotopic (exact) mass is 120 g/mol. The standard InChI is InChI=1S/C7H8N2/c1-2-6-3-4-9-7(8)5-6/h2-5H,1H2,(H2,8,9). The first-order valence-electron chi connectivity index (χ1n) is 2.67. The van der Waals surface area contributed by atoms with E-state index in [0.717, 1.165) is 5.56 Å². The van der Waals surface area contributed by atoms with Gasteiger partial charge in [-0.2, -0.15) is 0 Å². The molecule has 0 bridgehead atoms. The van der Waals surface area contributed by atoms with E-state index in [9.17, 15) is 0 Å². The smallest absolute Gasteiger partial charge is 0.123 e. The van der Waals surface area contributed by atoms with E-state index in [2.05, 4.69) is 11.6 Å². The van der Waals surface area contributed by atoms with E-state index in [1.807, 2.05) is 6.07 Å². The average molecular weight is 120 g/mol. The molecule has 1 rings (SSSR count). The van der Waals surface area contributed by atoms with Crippen molar-refractivity contribution in [1.29, 1.82) is 0 Å². The zero-order chi connectivity index (χ0) is 6.69. The van der Waals surface area contributed by atoms with Crippen molar-refractivity contribution in [2.45, 2.75) is 0 Å². The van der Waals surface area contributed by atoms with Crippen LogP contribution in [0.25, 0.3) is 6.08 Å². The van der Waals surface area contributed by atoms with Crippen LogP contribution in [0.4, 0.5) is 5.82 Å². The first-order valence-corrected chi connectivity index (χ1v) is 2.67. The third-order valence-electron chi connectivity index (χ3n) is 1.04. The quantitative estimate of drug-likeness (QED) is 0.606. The second kappa shape index (κ2) is 2.31. The maximum atomic E-state index is 5.38. The minimum atomic E-state index is 0.535. The van der Waals surface area contributed by atoms with Gasteiger partial charge in [0.15, 0.2) is 0 Å². The molecular formula is C7H8N2. The Morgan fingerprint density at radius 1 is 1.67 bits per heavy atom. The highest BCUT2D eigenvalue weighted by Gasteiger charge is 1.84. The molecule has 9 heavy (non-hydrogen) atoms. The molecule has 0 atom stereocenters. The molecule has 1 heterocycles. The number of nitrogens with zero attached hydrogens (tertiary/aromatic N) is 1. The van der Waals surface area contributed by atoms with Gasteiger partial charge in [-0.1, -0.05) is 12.7 Å². The van der Waals surface area contributed by atoms with Gasteiger partial charge in [0.25, 0.3) is 0 Å². The summed E-state index contributed by atoms with van der Waals surface area (Å²) in [5.41, 5.74) is 6.38. The highest BCUT2D eigenvalue weighted by molar-refractivity contribution is 5.50. The summed E-state index contributed by atoms with van der Waals surface area (Å²) in [6.45, 7) is 3.59. The highest BCUT2D eigenvalue weighted by atomic mass is 14.8. The van der Waals surface area contributed by atoms with Crippen molar-refractivity contribution in [2.75, 3.05) is 5.73 Å². The molecular weight excluding hydrogens is 112 g/mol. The van der Waals surface area contributed by atoms with E-state index >= 15 is 0 Å². The Balaban J connectivity index is 3.07. The molecule has 0 aliphatic heterocycles. The van der Waals surface area contributed by atoms with Gasteiger partial charge < -0.3 is 5.73 Å². The van der Waals surface area contributed by atoms with E-state index in [1.165, 1.54) is 0 Å². The molecule has 0 aliphatic rings. The van der Waals surface area contributed by atoms with Gasteiger partial charge >= 0.3 is 0 Å². The molecule has 0 saturated carbocycles. The molecule has 0 aliphatic carbocycles. The van der Waals surface area contributed by atoms with Gasteiger partial charge in [-0.25, -0.2) is 4.98 Å². The fourth-order valence-corrected chi connectivity index (χ4v) is 0.593. The summed E-state index contributed by atoms with van der Waals surface area (Å²) >= 11 is 0. The number of rotatable bonds is 1. The van der Waals surface area contributed by atoms with Crippen molar-refractivity contribution in [3.63, 3.8) is 0 Å². The number of hydrogen-bond acceptors (Lipinski definition) is 2. The van der Waals surface area contributed by atoms with Crippen LogP contribution in [0.2, 0.25) is 0 Å². The maximum absolute atomic E-state index is 5.38. The molecule has 46 valence electrons. The van der Waals surface area contributed by atoms with E-state index in [1.54, 1.807) is 18.3 Å². The molecule has 0 saturated heterocycles. The van der Waals surface area contributed by atoms with Gasteiger partial charge in [0.1, 0.15) is 5.82 Å². The molecule has 0 aromatic carbocycles. The van der Waals surface area contributed by atoms with Crippen LogP contribution in [0.3, 0.4) is 0 Å². The summed E-state index contributed by atoms with van der Waals surface area (Å²) in [6.07, 6.45) is 3.39. The number of pyridine rings is 1. The summed E-state index contributed by atoms with van der Waals surface area (Å²) in [7, 11) is 0. The Hall–Kier alpha value is -1.31. The van der Waals surface area contributed by atoms with Crippen LogP contribution in [-0.2, 0) is 0 Å². The molecule has 1 aromatic heterocycles. The predicted octanol–water partition coefficient (Wildman–Crippen LogP) is 1.31. The van der Waals surface area contributed by atoms with E-state index in [4.69, 9.17) is 5.73 Å². The first-order chi connectivity index (χ1) is 4.33. The van der Waals surface area contributed by atoms with Crippen LogP contribution in [0.1, 0.15) is 5.56 Å². The lowest BCUT2D eigenvalue weighted by atomic mass is 10.3. The number of nitrogen functional groups attached to an aromatic ring is 1. The van der Waals surface area contributed by atoms with Crippen molar-refractivity contribution < 1.29 is 0 Å². The minimum absolute atomic E-state index is 0.535. The molecule has 1 aromatic rings. The second-order valence-electron chi connectivity index (χ2n) is 1.72. The summed E-state index contributed by atoms with van der Waals surface area (Å²) in [4.78, 5) is 3.82. The lowest BCUT2D eigenvalue weighted by Crippen LogP contribution is -1.87. The van der Waals surface area contributed by atoms with E-state index in [0.29, 0.717) is 5.82 Å². The van der Waals surface area contributed by atoms with Crippen LogP contribution in [0.15, 0.2) is 24.9 Å². The van der Waals surface area contributed by atoms with Gasteiger partial charge in [0, 0.05) is 6.20 Å². The predicted molar refractivity (Wildman–Crippen MR) is 38.7 cm³/mol. The molecule has 2 N–H and O–H groups in total. The second-order valence-corrected chi connectivity index (χ2v) is 1.72. The highest BCUT2D eigenvalue weighted by Crippen LogP contribution is 2.02. The van der Waals surface area contributed by atoms with Gasteiger partial charge in [-0.15, -0.1) is 0 Å². The fraction of sp³-hybridized carbons (Fsp3) is 0. The lowest BCUT2D eigenvalue weighted by molar-refractivity contribution is 1.33. The number of hydrogen-bond donors (Lipinski definition) is 1. The molecule has 0 spiro atoms. The topological polar surface area (TPSA) is 38.9 Å². The van der Waals surface area contributed by atoms with Gasteiger partial charge in [0.05, 0.1) is 0 Å². The first kappa shape index (κ1) is 5.82. The SMILES string of the molecule is C=Cc1ccnc(N)c1. The summed E-state index contributed by atoms with van der Waals surface area (Å²) < 4.78 is 0. The number of aromatic nitrogens is 1. The number of nitrogens with two attached hydrogens (primary N) is 1. The normalized spacial score (nSPS) is 8.89. The lowest BCUT2D eigenvalue weighted by Gasteiger charge is -1.91. The van der Waals surface area contributed by atoms with Gasteiger partial charge in [-0.3, -0.25) is 0 Å². The zero-order valence-corrected chi connectivity index (χ0v) is 5.04. The summed E-state index contributed by atoms with van der Waals surface area (Å²) in [6, 6.07) is 3.62.